The quantitative estimate of drug-likeness (QED) is 0.0529. The molecule has 79 heavy (non-hydrogen) atoms. The second kappa shape index (κ2) is 39.7. The van der Waals surface area contributed by atoms with Gasteiger partial charge in [-0.1, -0.05) is 99.6 Å². The van der Waals surface area contributed by atoms with E-state index in [0.29, 0.717) is 51.7 Å². The molecule has 0 spiro atoms. The fourth-order valence-corrected chi connectivity index (χ4v) is 8.88. The summed E-state index contributed by atoms with van der Waals surface area (Å²) < 4.78 is 20.7. The summed E-state index contributed by atoms with van der Waals surface area (Å²) in [6.45, 7) is 45.7. The maximum atomic E-state index is 12.3. The maximum Gasteiger partial charge on any atom is 0.328 e. The smallest absolute Gasteiger partial charge is 0.328 e. The normalized spacial score (nSPS) is 18.1. The van der Waals surface area contributed by atoms with Crippen molar-refractivity contribution in [2.45, 2.75) is 153 Å². The van der Waals surface area contributed by atoms with Gasteiger partial charge in [0.1, 0.15) is 18.2 Å². The van der Waals surface area contributed by atoms with Gasteiger partial charge in [0.05, 0.1) is 63.0 Å². The van der Waals surface area contributed by atoms with Crippen molar-refractivity contribution in [2.75, 3.05) is 66.6 Å². The Kier molecular flexibility index (Phi) is 36.9. The van der Waals surface area contributed by atoms with Crippen molar-refractivity contribution in [1.82, 2.24) is 25.3 Å². The molecule has 2 N–H and O–H groups in total. The van der Waals surface area contributed by atoms with Crippen LogP contribution in [0.2, 0.25) is 0 Å². The molecular weight excluding hydrogens is 1010 g/mol. The van der Waals surface area contributed by atoms with Crippen LogP contribution in [0.25, 0.3) is 0 Å². The summed E-state index contributed by atoms with van der Waals surface area (Å²) in [7, 11) is 3.07. The number of nitrogens with zero attached hydrogens (tertiary/aromatic N) is 3. The van der Waals surface area contributed by atoms with Gasteiger partial charge < -0.3 is 44.3 Å². The lowest BCUT2D eigenvalue weighted by atomic mass is 9.94. The molecule has 0 radical (unpaired) electrons. The molecule has 2 aliphatic carbocycles. The number of methoxy groups -OCH3 is 1. The van der Waals surface area contributed by atoms with E-state index in [4.69, 9.17) is 18.9 Å². The summed E-state index contributed by atoms with van der Waals surface area (Å²) in [6.07, 6.45) is 17.0. The number of likely N-dealkylation sites (N-methyl/N-ethyl adjacent to an activating group) is 1. The first-order chi connectivity index (χ1) is 37.2. The predicted molar refractivity (Wildman–Crippen MR) is 313 cm³/mol. The monoisotopic (exact) mass is 1110 g/mol. The molecule has 2 aliphatic heterocycles. The van der Waals surface area contributed by atoms with Crippen LogP contribution in [0.15, 0.2) is 63.3 Å². The van der Waals surface area contributed by atoms with Gasteiger partial charge in [0, 0.05) is 33.2 Å². The van der Waals surface area contributed by atoms with Crippen molar-refractivity contribution >= 4 is 47.4 Å². The van der Waals surface area contributed by atoms with E-state index >= 15 is 0 Å². The second-order valence-corrected chi connectivity index (χ2v) is 22.4. The van der Waals surface area contributed by atoms with Crippen molar-refractivity contribution in [1.29, 1.82) is 0 Å². The highest BCUT2D eigenvalue weighted by molar-refractivity contribution is 5.88. The molecule has 17 heteroatoms. The molecule has 0 bridgehead atoms. The number of morpholine rings is 1. The molecule has 4 fully saturated rings. The van der Waals surface area contributed by atoms with Crippen LogP contribution >= 0.6 is 0 Å². The van der Waals surface area contributed by atoms with Gasteiger partial charge in [-0.15, -0.1) is 32.9 Å². The number of likely N-dealkylation sites (tertiary alicyclic amines) is 1. The van der Waals surface area contributed by atoms with Gasteiger partial charge in [0.15, 0.2) is 0 Å². The molecule has 0 aromatic carbocycles. The fraction of sp³-hybridized carbons (Fsp3) is 0.710. The third kappa shape index (κ3) is 27.4. The minimum absolute atomic E-state index is 0.0112. The molecule has 4 rings (SSSR count). The molecule has 2 saturated carbocycles. The number of hydrogen-bond donors (Lipinski definition) is 2. The third-order valence-corrected chi connectivity index (χ3v) is 14.6. The highest BCUT2D eigenvalue weighted by Crippen LogP contribution is 2.35. The van der Waals surface area contributed by atoms with Crippen molar-refractivity contribution in [3.8, 4) is 0 Å². The summed E-state index contributed by atoms with van der Waals surface area (Å²) in [5.74, 6) is -0.234. The topological polar surface area (TPSA) is 207 Å². The van der Waals surface area contributed by atoms with Crippen LogP contribution in [-0.2, 0) is 57.3 Å². The average Bonchev–Trinajstić information content (AvgIpc) is 3.92. The first kappa shape index (κ1) is 73.4. The third-order valence-electron chi connectivity index (χ3n) is 14.6. The average molecular weight is 1110 g/mol. The van der Waals surface area contributed by atoms with E-state index in [2.05, 4.69) is 43.5 Å². The van der Waals surface area contributed by atoms with Crippen LogP contribution in [0.1, 0.15) is 134 Å². The molecule has 5 amide bonds. The molecule has 17 nitrogen and oxygen atoms in total. The van der Waals surface area contributed by atoms with Crippen LogP contribution in [0.4, 0.5) is 0 Å². The van der Waals surface area contributed by atoms with Crippen LogP contribution in [0.3, 0.4) is 0 Å². The minimum Gasteiger partial charge on any atom is -0.467 e. The number of amides is 5. The zero-order valence-electron chi connectivity index (χ0n) is 51.1. The minimum atomic E-state index is -0.409. The molecule has 2 heterocycles. The highest BCUT2D eigenvalue weighted by Gasteiger charge is 2.38. The van der Waals surface area contributed by atoms with Gasteiger partial charge in [-0.3, -0.25) is 33.6 Å². The number of esters is 3. The Balaban J connectivity index is 0.000000966. The van der Waals surface area contributed by atoms with Crippen LogP contribution < -0.4 is 10.6 Å². The molecule has 2 saturated heterocycles. The maximum absolute atomic E-state index is 12.3. The van der Waals surface area contributed by atoms with E-state index in [1.165, 1.54) is 32.8 Å². The number of ether oxygens (including phenoxy) is 4. The largest absolute Gasteiger partial charge is 0.467 e. The van der Waals surface area contributed by atoms with E-state index in [0.717, 1.165) is 19.3 Å². The Morgan fingerprint density at radius 3 is 1.44 bits per heavy atom. The lowest BCUT2D eigenvalue weighted by molar-refractivity contribution is -0.154. The van der Waals surface area contributed by atoms with Crippen LogP contribution in [0, 0.1) is 65.1 Å². The molecule has 4 aliphatic rings. The predicted octanol–water partition coefficient (Wildman–Crippen LogP) is 8.78. The highest BCUT2D eigenvalue weighted by atomic mass is 16.5. The van der Waals surface area contributed by atoms with Gasteiger partial charge in [-0.25, -0.2) is 4.79 Å². The summed E-state index contributed by atoms with van der Waals surface area (Å²) in [5, 5.41) is 5.30. The number of hydrogen-bond acceptors (Lipinski definition) is 12. The zero-order chi connectivity index (χ0) is 60.5. The van der Waals surface area contributed by atoms with Gasteiger partial charge in [0.2, 0.25) is 29.5 Å². The lowest BCUT2D eigenvalue weighted by Crippen LogP contribution is -2.46. The van der Waals surface area contributed by atoms with Gasteiger partial charge in [-0.05, 0) is 101 Å². The number of rotatable bonds is 24. The Bertz CT molecular complexity index is 1900. The summed E-state index contributed by atoms with van der Waals surface area (Å²) in [4.78, 5) is 98.9. The number of carbonyl (C=O) groups is 8. The standard InChI is InChI=1S/C13H22N2O3.C13H21NO3.C12H22N2O2.2C12H20O2/c1-4-11(10(2)3)13(17)14-9-12(16)15-5-7-18-8-6-15;1-5-10(9(2)3)12(15)14-8-6-7-11(14)13(16)17-4;1-6-10(9(3)4)12(16)13-8-11(15)14(5)7-2;1-5-11(8(2)3)12(13)14-9(4)10-6-7-10;1-4-11(9(2)3)12(13)14-10-7-5-6-8-10/h4,10-11H,1,5-9H2,2-3H3,(H,14,17);5,9-11H,1,6-8H2,2-4H3;6,9-10H,1,7-8H2,2-5H3,(H,13,16);5,8-11H,1,6-7H2,2-4H3;4,9-11H,1,5-8H2,2-3H3. The van der Waals surface area contributed by atoms with E-state index in [9.17, 15) is 38.4 Å². The van der Waals surface area contributed by atoms with E-state index in [-0.39, 0.29) is 132 Å². The Labute approximate surface area is 476 Å². The second-order valence-electron chi connectivity index (χ2n) is 22.4. The van der Waals surface area contributed by atoms with E-state index in [1.807, 2.05) is 83.1 Å². The van der Waals surface area contributed by atoms with E-state index < -0.39 is 6.04 Å². The van der Waals surface area contributed by atoms with Crippen LogP contribution in [-0.4, -0.2) is 147 Å². The number of nitrogens with one attached hydrogen (secondary N) is 2. The molecular formula is C62H105N5O12. The van der Waals surface area contributed by atoms with Crippen molar-refractivity contribution in [3.05, 3.63) is 63.3 Å². The molecule has 0 aromatic rings. The lowest BCUT2D eigenvalue weighted by Gasteiger charge is -2.27. The Morgan fingerprint density at radius 2 is 1.04 bits per heavy atom. The number of carbonyl (C=O) groups excluding carboxylic acids is 8. The SMILES string of the molecule is C=CC(C(=O)N1CCCC1C(=O)OC)C(C)C.C=CC(C(=O)NCC(=O)N(C)CC)C(C)C.C=CC(C(=O)NCC(=O)N1CCOCC1)C(C)C.C=CC(C(=O)OC(C)C1CC1)C(C)C.C=CC(C(=O)OC1CCCC1)C(C)C. The molecule has 0 aromatic heterocycles. The first-order valence-electron chi connectivity index (χ1n) is 28.8. The van der Waals surface area contributed by atoms with Crippen LogP contribution in [0.5, 0.6) is 0 Å². The van der Waals surface area contributed by atoms with Gasteiger partial charge in [0.25, 0.3) is 0 Å². The van der Waals surface area contributed by atoms with E-state index in [1.54, 1.807) is 52.1 Å². The Morgan fingerprint density at radius 1 is 0.595 bits per heavy atom. The summed E-state index contributed by atoms with van der Waals surface area (Å²) in [6, 6.07) is -0.409. The summed E-state index contributed by atoms with van der Waals surface area (Å²) in [5.41, 5.74) is 0. The zero-order valence-corrected chi connectivity index (χ0v) is 51.1. The summed E-state index contributed by atoms with van der Waals surface area (Å²) >= 11 is 0. The molecule has 450 valence electrons. The van der Waals surface area contributed by atoms with Gasteiger partial charge >= 0.3 is 17.9 Å². The van der Waals surface area contributed by atoms with Crippen molar-refractivity contribution < 1.29 is 57.3 Å². The van der Waals surface area contributed by atoms with Crippen molar-refractivity contribution in [2.24, 2.45) is 65.1 Å². The molecule has 7 atom stereocenters. The Hall–Kier alpha value is -5.58. The molecule has 7 unspecified atom stereocenters. The van der Waals surface area contributed by atoms with Gasteiger partial charge in [-0.2, -0.15) is 0 Å². The fourth-order valence-electron chi connectivity index (χ4n) is 8.88. The van der Waals surface area contributed by atoms with Crippen molar-refractivity contribution in [3.63, 3.8) is 0 Å². The first-order valence-corrected chi connectivity index (χ1v) is 28.8.